The fourth-order valence-electron chi connectivity index (χ4n) is 2.76. The lowest BCUT2D eigenvalue weighted by Gasteiger charge is -2.28. The number of fused-ring (bicyclic) bond motifs is 1. The molecule has 1 aliphatic rings. The Morgan fingerprint density at radius 2 is 2.26 bits per heavy atom. The van der Waals surface area contributed by atoms with Crippen LogP contribution in [0.5, 0.6) is 11.5 Å². The molecule has 0 saturated heterocycles. The molecule has 5 heteroatoms. The van der Waals surface area contributed by atoms with Crippen molar-refractivity contribution in [1.29, 1.82) is 0 Å². The highest BCUT2D eigenvalue weighted by atomic mass is 16.5. The molecule has 1 aromatic heterocycles. The molecular weight excluding hydrogens is 292 g/mol. The first-order valence-corrected chi connectivity index (χ1v) is 7.62. The van der Waals surface area contributed by atoms with E-state index < -0.39 is 0 Å². The fourth-order valence-corrected chi connectivity index (χ4v) is 2.76. The second-order valence-electron chi connectivity index (χ2n) is 5.70. The molecule has 0 N–H and O–H groups in total. The van der Waals surface area contributed by atoms with Crippen LogP contribution in [0.15, 0.2) is 42.6 Å². The smallest absolute Gasteiger partial charge is 0.229 e. The minimum absolute atomic E-state index is 0.0807. The van der Waals surface area contributed by atoms with E-state index in [1.165, 1.54) is 0 Å². The van der Waals surface area contributed by atoms with Crippen LogP contribution >= 0.6 is 0 Å². The van der Waals surface area contributed by atoms with Crippen LogP contribution < -0.4 is 9.47 Å². The Morgan fingerprint density at radius 3 is 3.00 bits per heavy atom. The summed E-state index contributed by atoms with van der Waals surface area (Å²) in [5.41, 5.74) is 1.92. The summed E-state index contributed by atoms with van der Waals surface area (Å²) >= 11 is 0. The molecule has 2 heterocycles. The van der Waals surface area contributed by atoms with Gasteiger partial charge in [0.2, 0.25) is 5.91 Å². The van der Waals surface area contributed by atoms with Gasteiger partial charge in [0.1, 0.15) is 18.1 Å². The van der Waals surface area contributed by atoms with Crippen LogP contribution in [0.3, 0.4) is 0 Å². The number of nitrogens with zero attached hydrogens (tertiary/aromatic N) is 2. The molecule has 0 spiro atoms. The second kappa shape index (κ2) is 6.69. The van der Waals surface area contributed by atoms with Crippen molar-refractivity contribution in [2.45, 2.75) is 13.0 Å². The molecule has 0 radical (unpaired) electrons. The Bertz CT molecular complexity index is 688. The number of hydrogen-bond donors (Lipinski definition) is 0. The van der Waals surface area contributed by atoms with Gasteiger partial charge >= 0.3 is 0 Å². The highest BCUT2D eigenvalue weighted by molar-refractivity contribution is 5.79. The highest BCUT2D eigenvalue weighted by Crippen LogP contribution is 2.31. The predicted octanol–water partition coefficient (Wildman–Crippen LogP) is 2.30. The lowest BCUT2D eigenvalue weighted by atomic mass is 9.95. The third kappa shape index (κ3) is 3.44. The molecule has 0 aliphatic carbocycles. The SMILES string of the molecule is COc1ccc2c(c1)OC[C@H](C(=O)N(C)Cc1ccccn1)C2. The molecular formula is C18H20N2O3. The van der Waals surface area contributed by atoms with Gasteiger partial charge in [-0.25, -0.2) is 0 Å². The molecule has 23 heavy (non-hydrogen) atoms. The van der Waals surface area contributed by atoms with Crippen molar-refractivity contribution in [3.63, 3.8) is 0 Å². The van der Waals surface area contributed by atoms with Gasteiger partial charge < -0.3 is 14.4 Å². The maximum atomic E-state index is 12.6. The third-order valence-electron chi connectivity index (χ3n) is 4.03. The van der Waals surface area contributed by atoms with E-state index in [4.69, 9.17) is 9.47 Å². The number of aromatic nitrogens is 1. The largest absolute Gasteiger partial charge is 0.497 e. The summed E-state index contributed by atoms with van der Waals surface area (Å²) in [6, 6.07) is 11.4. The van der Waals surface area contributed by atoms with E-state index >= 15 is 0 Å². The lowest BCUT2D eigenvalue weighted by molar-refractivity contribution is -0.136. The molecule has 5 nitrogen and oxygen atoms in total. The van der Waals surface area contributed by atoms with Crippen molar-refractivity contribution < 1.29 is 14.3 Å². The third-order valence-corrected chi connectivity index (χ3v) is 4.03. The minimum Gasteiger partial charge on any atom is -0.497 e. The van der Waals surface area contributed by atoms with E-state index in [-0.39, 0.29) is 11.8 Å². The molecule has 1 amide bonds. The van der Waals surface area contributed by atoms with Gasteiger partial charge in [0.25, 0.3) is 0 Å². The zero-order chi connectivity index (χ0) is 16.2. The number of rotatable bonds is 4. The number of carbonyl (C=O) groups excluding carboxylic acids is 1. The topological polar surface area (TPSA) is 51.7 Å². The number of amides is 1. The van der Waals surface area contributed by atoms with Gasteiger partial charge in [-0.05, 0) is 30.2 Å². The number of methoxy groups -OCH3 is 1. The van der Waals surface area contributed by atoms with Crippen LogP contribution in [0.4, 0.5) is 0 Å². The van der Waals surface area contributed by atoms with Gasteiger partial charge in [0.05, 0.1) is 25.3 Å². The molecule has 1 atom stereocenters. The maximum Gasteiger partial charge on any atom is 0.229 e. The summed E-state index contributed by atoms with van der Waals surface area (Å²) < 4.78 is 11.0. The molecule has 0 unspecified atom stereocenters. The zero-order valence-corrected chi connectivity index (χ0v) is 13.4. The van der Waals surface area contributed by atoms with Gasteiger partial charge in [-0.15, -0.1) is 0 Å². The van der Waals surface area contributed by atoms with Crippen molar-refractivity contribution in [1.82, 2.24) is 9.88 Å². The van der Waals surface area contributed by atoms with Crippen LogP contribution in [0.25, 0.3) is 0 Å². The summed E-state index contributed by atoms with van der Waals surface area (Å²) in [4.78, 5) is 18.6. The zero-order valence-electron chi connectivity index (χ0n) is 13.4. The molecule has 2 aromatic rings. The van der Waals surface area contributed by atoms with Crippen molar-refractivity contribution in [2.24, 2.45) is 5.92 Å². The van der Waals surface area contributed by atoms with Crippen LogP contribution in [0, 0.1) is 5.92 Å². The molecule has 1 aliphatic heterocycles. The summed E-state index contributed by atoms with van der Waals surface area (Å²) in [5, 5.41) is 0. The normalized spacial score (nSPS) is 16.2. The quantitative estimate of drug-likeness (QED) is 0.869. The van der Waals surface area contributed by atoms with E-state index in [0.29, 0.717) is 19.6 Å². The maximum absolute atomic E-state index is 12.6. The molecule has 0 fully saturated rings. The minimum atomic E-state index is -0.162. The number of pyridine rings is 1. The predicted molar refractivity (Wildman–Crippen MR) is 86.4 cm³/mol. The van der Waals surface area contributed by atoms with E-state index in [9.17, 15) is 4.79 Å². The van der Waals surface area contributed by atoms with E-state index in [0.717, 1.165) is 22.8 Å². The molecule has 3 rings (SSSR count). The monoisotopic (exact) mass is 312 g/mol. The van der Waals surface area contributed by atoms with Crippen molar-refractivity contribution in [3.05, 3.63) is 53.9 Å². The van der Waals surface area contributed by atoms with Crippen LogP contribution in [0.2, 0.25) is 0 Å². The van der Waals surface area contributed by atoms with Gasteiger partial charge in [0, 0.05) is 19.3 Å². The first-order chi connectivity index (χ1) is 11.2. The average Bonchev–Trinajstić information content (AvgIpc) is 2.61. The Labute approximate surface area is 135 Å². The second-order valence-corrected chi connectivity index (χ2v) is 5.70. The first kappa shape index (κ1) is 15.3. The average molecular weight is 312 g/mol. The van der Waals surface area contributed by atoms with Gasteiger partial charge in [-0.1, -0.05) is 12.1 Å². The standard InChI is InChI=1S/C18H20N2O3/c1-20(11-15-5-3-4-8-19-15)18(21)14-9-13-6-7-16(22-2)10-17(13)23-12-14/h3-8,10,14H,9,11-12H2,1-2H3/t14-/m1/s1. The van der Waals surface area contributed by atoms with Crippen LogP contribution in [-0.2, 0) is 17.8 Å². The van der Waals surface area contributed by atoms with E-state index in [1.807, 2.05) is 36.4 Å². The Balaban J connectivity index is 1.66. The summed E-state index contributed by atoms with van der Waals surface area (Å²) in [7, 11) is 3.43. The van der Waals surface area contributed by atoms with Crippen molar-refractivity contribution >= 4 is 5.91 Å². The molecule has 0 saturated carbocycles. The number of carbonyl (C=O) groups is 1. The van der Waals surface area contributed by atoms with E-state index in [1.54, 1.807) is 25.3 Å². The Kier molecular flexibility index (Phi) is 4.46. The number of benzene rings is 1. The van der Waals surface area contributed by atoms with Crippen molar-refractivity contribution in [2.75, 3.05) is 20.8 Å². The summed E-state index contributed by atoms with van der Waals surface area (Å²) in [6.07, 6.45) is 2.42. The molecule has 120 valence electrons. The molecule has 1 aromatic carbocycles. The number of hydrogen-bond acceptors (Lipinski definition) is 4. The summed E-state index contributed by atoms with van der Waals surface area (Å²) in [5.74, 6) is 1.49. The van der Waals surface area contributed by atoms with E-state index in [2.05, 4.69) is 4.98 Å². The van der Waals surface area contributed by atoms with Gasteiger partial charge in [0.15, 0.2) is 0 Å². The van der Waals surface area contributed by atoms with Gasteiger partial charge in [-0.2, -0.15) is 0 Å². The Morgan fingerprint density at radius 1 is 1.39 bits per heavy atom. The van der Waals surface area contributed by atoms with Crippen LogP contribution in [0.1, 0.15) is 11.3 Å². The van der Waals surface area contributed by atoms with Crippen molar-refractivity contribution in [3.8, 4) is 11.5 Å². The first-order valence-electron chi connectivity index (χ1n) is 7.62. The van der Waals surface area contributed by atoms with Gasteiger partial charge in [-0.3, -0.25) is 9.78 Å². The fraction of sp³-hybridized carbons (Fsp3) is 0.333. The number of ether oxygens (including phenoxy) is 2. The molecule has 0 bridgehead atoms. The summed E-state index contributed by atoms with van der Waals surface area (Å²) in [6.45, 7) is 0.900. The van der Waals surface area contributed by atoms with Crippen LogP contribution in [-0.4, -0.2) is 36.6 Å². The highest BCUT2D eigenvalue weighted by Gasteiger charge is 2.28. The Hall–Kier alpha value is -2.56. The lowest BCUT2D eigenvalue weighted by Crippen LogP contribution is -2.38.